The van der Waals surface area contributed by atoms with Gasteiger partial charge in [0.25, 0.3) is 0 Å². The molecule has 0 amide bonds. The maximum atomic E-state index is 9.73. The highest BCUT2D eigenvalue weighted by molar-refractivity contribution is 5.28. The molecule has 0 aliphatic carbocycles. The smallest absolute Gasteiger partial charge is 0.115 e. The van der Waals surface area contributed by atoms with E-state index in [-0.39, 0.29) is 0 Å². The summed E-state index contributed by atoms with van der Waals surface area (Å²) in [5, 5.41) is 19.5. The predicted molar refractivity (Wildman–Crippen MR) is 101 cm³/mol. The van der Waals surface area contributed by atoms with Crippen molar-refractivity contribution in [3.05, 3.63) is 59.7 Å². The molecule has 0 aromatic heterocycles. The molecule has 1 aliphatic rings. The first-order valence-electron chi connectivity index (χ1n) is 9.08. The van der Waals surface area contributed by atoms with Gasteiger partial charge in [-0.25, -0.2) is 0 Å². The molecule has 0 spiro atoms. The van der Waals surface area contributed by atoms with Crippen LogP contribution in [0.3, 0.4) is 0 Å². The third-order valence-electron chi connectivity index (χ3n) is 5.08. The quantitative estimate of drug-likeness (QED) is 0.809. The molecule has 1 atom stereocenters. The number of aromatic hydroxyl groups is 2. The summed E-state index contributed by atoms with van der Waals surface area (Å²) in [6, 6.07) is 15.6. The van der Waals surface area contributed by atoms with Crippen LogP contribution in [0.2, 0.25) is 0 Å². The Morgan fingerprint density at radius 1 is 1.00 bits per heavy atom. The molecule has 4 nitrogen and oxygen atoms in total. The molecule has 2 aromatic carbocycles. The SMILES string of the molecule is CN1CCC[C@H]1CCN(Cc1cccc(O)c1)Cc1cccc(O)c1. The zero-order valence-electron chi connectivity index (χ0n) is 14.9. The highest BCUT2D eigenvalue weighted by Gasteiger charge is 2.21. The molecular weight excluding hydrogens is 312 g/mol. The van der Waals surface area contributed by atoms with Crippen molar-refractivity contribution >= 4 is 0 Å². The van der Waals surface area contributed by atoms with Crippen LogP contribution >= 0.6 is 0 Å². The largest absolute Gasteiger partial charge is 0.508 e. The molecule has 134 valence electrons. The van der Waals surface area contributed by atoms with E-state index in [1.165, 1.54) is 19.4 Å². The average molecular weight is 340 g/mol. The Hall–Kier alpha value is -2.04. The van der Waals surface area contributed by atoms with E-state index in [4.69, 9.17) is 0 Å². The molecule has 1 fully saturated rings. The second kappa shape index (κ2) is 8.37. The number of phenols is 2. The topological polar surface area (TPSA) is 46.9 Å². The third kappa shape index (κ3) is 5.21. The minimum Gasteiger partial charge on any atom is -0.508 e. The summed E-state index contributed by atoms with van der Waals surface area (Å²) in [6.07, 6.45) is 3.72. The lowest BCUT2D eigenvalue weighted by Gasteiger charge is -2.26. The van der Waals surface area contributed by atoms with Gasteiger partial charge in [-0.05, 0) is 68.2 Å². The van der Waals surface area contributed by atoms with Gasteiger partial charge in [0.05, 0.1) is 0 Å². The van der Waals surface area contributed by atoms with Crippen molar-refractivity contribution in [3.63, 3.8) is 0 Å². The van der Waals surface area contributed by atoms with Crippen LogP contribution < -0.4 is 0 Å². The number of hydrogen-bond acceptors (Lipinski definition) is 4. The normalized spacial score (nSPS) is 18.1. The van der Waals surface area contributed by atoms with Crippen molar-refractivity contribution in [2.24, 2.45) is 0 Å². The Bertz CT molecular complexity index is 642. The Balaban J connectivity index is 1.68. The Labute approximate surface area is 150 Å². The first-order valence-corrected chi connectivity index (χ1v) is 9.08. The first kappa shape index (κ1) is 17.8. The van der Waals surface area contributed by atoms with E-state index in [1.807, 2.05) is 24.3 Å². The standard InChI is InChI=1S/C21H28N2O2/c1-22-11-4-7-19(22)10-12-23(15-17-5-2-8-20(24)13-17)16-18-6-3-9-21(25)14-18/h2-3,5-6,8-9,13-14,19,24-25H,4,7,10-12,15-16H2,1H3/t19-/m0/s1. The summed E-state index contributed by atoms with van der Waals surface area (Å²) in [5.41, 5.74) is 2.22. The average Bonchev–Trinajstić information content (AvgIpc) is 2.98. The number of benzene rings is 2. The predicted octanol–water partition coefficient (Wildman–Crippen LogP) is 3.58. The summed E-state index contributed by atoms with van der Waals surface area (Å²) < 4.78 is 0. The molecular formula is C21H28N2O2. The lowest BCUT2D eigenvalue weighted by molar-refractivity contribution is 0.211. The fourth-order valence-corrected chi connectivity index (χ4v) is 3.72. The molecule has 0 radical (unpaired) electrons. The minimum absolute atomic E-state index is 0.310. The van der Waals surface area contributed by atoms with E-state index in [1.54, 1.807) is 12.1 Å². The van der Waals surface area contributed by atoms with Crippen molar-refractivity contribution < 1.29 is 10.2 Å². The monoisotopic (exact) mass is 340 g/mol. The second-order valence-corrected chi connectivity index (χ2v) is 7.12. The highest BCUT2D eigenvalue weighted by Crippen LogP contribution is 2.21. The summed E-state index contributed by atoms with van der Waals surface area (Å²) in [4.78, 5) is 4.86. The van der Waals surface area contributed by atoms with Gasteiger partial charge in [-0.2, -0.15) is 0 Å². The van der Waals surface area contributed by atoms with Crippen LogP contribution in [0.4, 0.5) is 0 Å². The van der Waals surface area contributed by atoms with Gasteiger partial charge >= 0.3 is 0 Å². The number of hydrogen-bond donors (Lipinski definition) is 2. The molecule has 2 aromatic rings. The fraction of sp³-hybridized carbons (Fsp3) is 0.429. The Kier molecular flexibility index (Phi) is 5.95. The van der Waals surface area contributed by atoms with Gasteiger partial charge in [0.15, 0.2) is 0 Å². The summed E-state index contributed by atoms with van der Waals surface area (Å²) in [6.45, 7) is 3.78. The van der Waals surface area contributed by atoms with Crippen LogP contribution in [0.25, 0.3) is 0 Å². The molecule has 1 aliphatic heterocycles. The van der Waals surface area contributed by atoms with Gasteiger partial charge in [0.1, 0.15) is 11.5 Å². The first-order chi connectivity index (χ1) is 12.1. The lowest BCUT2D eigenvalue weighted by atomic mass is 10.1. The van der Waals surface area contributed by atoms with E-state index in [0.717, 1.165) is 37.2 Å². The van der Waals surface area contributed by atoms with Gasteiger partial charge in [-0.1, -0.05) is 24.3 Å². The van der Waals surface area contributed by atoms with Crippen LogP contribution in [0.15, 0.2) is 48.5 Å². The fourth-order valence-electron chi connectivity index (χ4n) is 3.72. The van der Waals surface area contributed by atoms with E-state index in [9.17, 15) is 10.2 Å². The van der Waals surface area contributed by atoms with Gasteiger partial charge in [-0.3, -0.25) is 4.90 Å². The number of likely N-dealkylation sites (tertiary alicyclic amines) is 1. The van der Waals surface area contributed by atoms with E-state index < -0.39 is 0 Å². The molecule has 2 N–H and O–H groups in total. The maximum Gasteiger partial charge on any atom is 0.115 e. The molecule has 25 heavy (non-hydrogen) atoms. The molecule has 1 heterocycles. The zero-order chi connectivity index (χ0) is 17.6. The van der Waals surface area contributed by atoms with Crippen molar-refractivity contribution in [1.82, 2.24) is 9.80 Å². The van der Waals surface area contributed by atoms with Crippen LogP contribution in [0, 0.1) is 0 Å². The van der Waals surface area contributed by atoms with Crippen LogP contribution in [-0.2, 0) is 13.1 Å². The summed E-state index contributed by atoms with van der Waals surface area (Å²) in [7, 11) is 2.21. The minimum atomic E-state index is 0.310. The molecule has 3 rings (SSSR count). The van der Waals surface area contributed by atoms with Crippen LogP contribution in [0.5, 0.6) is 11.5 Å². The molecule has 1 saturated heterocycles. The molecule has 0 unspecified atom stereocenters. The van der Waals surface area contributed by atoms with Gasteiger partial charge in [0.2, 0.25) is 0 Å². The summed E-state index contributed by atoms with van der Waals surface area (Å²) in [5.74, 6) is 0.621. The van der Waals surface area contributed by atoms with E-state index in [2.05, 4.69) is 29.0 Å². The van der Waals surface area contributed by atoms with Crippen molar-refractivity contribution in [2.75, 3.05) is 20.1 Å². The Morgan fingerprint density at radius 3 is 2.08 bits per heavy atom. The van der Waals surface area contributed by atoms with Gasteiger partial charge < -0.3 is 15.1 Å². The Morgan fingerprint density at radius 2 is 1.60 bits per heavy atom. The zero-order valence-corrected chi connectivity index (χ0v) is 14.9. The highest BCUT2D eigenvalue weighted by atomic mass is 16.3. The second-order valence-electron chi connectivity index (χ2n) is 7.12. The summed E-state index contributed by atoms with van der Waals surface area (Å²) >= 11 is 0. The van der Waals surface area contributed by atoms with E-state index >= 15 is 0 Å². The molecule has 4 heteroatoms. The molecule has 0 bridgehead atoms. The van der Waals surface area contributed by atoms with Gasteiger partial charge in [-0.15, -0.1) is 0 Å². The maximum absolute atomic E-state index is 9.73. The van der Waals surface area contributed by atoms with Crippen molar-refractivity contribution in [3.8, 4) is 11.5 Å². The van der Waals surface area contributed by atoms with Crippen LogP contribution in [0.1, 0.15) is 30.4 Å². The molecule has 0 saturated carbocycles. The van der Waals surface area contributed by atoms with Crippen LogP contribution in [-0.4, -0.2) is 46.2 Å². The van der Waals surface area contributed by atoms with E-state index in [0.29, 0.717) is 17.5 Å². The number of nitrogens with zero attached hydrogens (tertiary/aromatic N) is 2. The lowest BCUT2D eigenvalue weighted by Crippen LogP contribution is -2.31. The van der Waals surface area contributed by atoms with Crippen molar-refractivity contribution in [2.45, 2.75) is 38.4 Å². The number of phenolic OH excluding ortho intramolecular Hbond substituents is 2. The number of rotatable bonds is 7. The third-order valence-corrected chi connectivity index (χ3v) is 5.08. The van der Waals surface area contributed by atoms with Gasteiger partial charge in [0, 0.05) is 25.7 Å². The van der Waals surface area contributed by atoms with Crippen molar-refractivity contribution in [1.29, 1.82) is 0 Å².